The smallest absolute Gasteiger partial charge is 0.216 e. The summed E-state index contributed by atoms with van der Waals surface area (Å²) < 4.78 is 7.64. The summed E-state index contributed by atoms with van der Waals surface area (Å²) in [6, 6.07) is 17.6. The van der Waals surface area contributed by atoms with Crippen LogP contribution in [0.4, 0.5) is 0 Å². The van der Waals surface area contributed by atoms with Crippen molar-refractivity contribution >= 4 is 18.4 Å². The highest BCUT2D eigenvalue weighted by molar-refractivity contribution is 7.71. The molecule has 5 nitrogen and oxygen atoms in total. The van der Waals surface area contributed by atoms with Crippen molar-refractivity contribution in [2.24, 2.45) is 5.10 Å². The number of ether oxygens (including phenoxy) is 1. The van der Waals surface area contributed by atoms with Gasteiger partial charge in [0.05, 0.1) is 12.8 Å². The number of aromatic amines is 1. The third kappa shape index (κ3) is 3.78. The zero-order valence-corrected chi connectivity index (χ0v) is 14.2. The summed E-state index contributed by atoms with van der Waals surface area (Å²) in [4.78, 5) is 0. The maximum Gasteiger partial charge on any atom is 0.216 e. The Morgan fingerprint density at radius 1 is 1.17 bits per heavy atom. The van der Waals surface area contributed by atoms with E-state index >= 15 is 0 Å². The van der Waals surface area contributed by atoms with Crippen molar-refractivity contribution in [3.8, 4) is 17.1 Å². The molecule has 0 unspecified atom stereocenters. The van der Waals surface area contributed by atoms with E-state index in [1.807, 2.05) is 54.6 Å². The lowest BCUT2D eigenvalue weighted by Gasteiger charge is -2.04. The normalized spacial score (nSPS) is 11.0. The minimum Gasteiger partial charge on any atom is -0.494 e. The van der Waals surface area contributed by atoms with Crippen LogP contribution in [-0.4, -0.2) is 27.7 Å². The molecule has 0 amide bonds. The Morgan fingerprint density at radius 2 is 1.92 bits per heavy atom. The van der Waals surface area contributed by atoms with E-state index in [1.54, 1.807) is 10.9 Å². The van der Waals surface area contributed by atoms with E-state index in [-0.39, 0.29) is 0 Å². The lowest BCUT2D eigenvalue weighted by molar-refractivity contribution is 0.317. The van der Waals surface area contributed by atoms with Crippen molar-refractivity contribution in [2.45, 2.75) is 13.3 Å². The SMILES string of the molecule is CCCOc1ccc(/C=N\n2c(-c3ccccc3)n[nH]c2=S)cc1. The predicted octanol–water partition coefficient (Wildman–Crippen LogP) is 4.28. The lowest BCUT2D eigenvalue weighted by Crippen LogP contribution is -1.96. The van der Waals surface area contributed by atoms with Crippen LogP contribution in [0.2, 0.25) is 0 Å². The van der Waals surface area contributed by atoms with Crippen LogP contribution in [-0.2, 0) is 0 Å². The zero-order chi connectivity index (χ0) is 16.8. The van der Waals surface area contributed by atoms with Crippen molar-refractivity contribution in [1.29, 1.82) is 0 Å². The number of hydrogen-bond acceptors (Lipinski definition) is 4. The van der Waals surface area contributed by atoms with Crippen molar-refractivity contribution in [2.75, 3.05) is 6.61 Å². The molecule has 2 aromatic carbocycles. The molecule has 24 heavy (non-hydrogen) atoms. The van der Waals surface area contributed by atoms with Crippen LogP contribution in [0.5, 0.6) is 5.75 Å². The summed E-state index contributed by atoms with van der Waals surface area (Å²) in [5.41, 5.74) is 1.91. The molecule has 1 N–H and O–H groups in total. The van der Waals surface area contributed by atoms with Gasteiger partial charge in [0.1, 0.15) is 5.75 Å². The Bertz CT molecular complexity index is 866. The first-order chi connectivity index (χ1) is 11.8. The van der Waals surface area contributed by atoms with E-state index in [9.17, 15) is 0 Å². The maximum atomic E-state index is 5.58. The third-order valence-electron chi connectivity index (χ3n) is 3.36. The first kappa shape index (κ1) is 16.1. The second-order valence-electron chi connectivity index (χ2n) is 5.19. The molecule has 0 aliphatic heterocycles. The molecule has 0 bridgehead atoms. The van der Waals surface area contributed by atoms with Gasteiger partial charge >= 0.3 is 0 Å². The van der Waals surface area contributed by atoms with E-state index in [4.69, 9.17) is 17.0 Å². The molecule has 1 aromatic heterocycles. The third-order valence-corrected chi connectivity index (χ3v) is 3.62. The van der Waals surface area contributed by atoms with Gasteiger partial charge in [0, 0.05) is 5.56 Å². The highest BCUT2D eigenvalue weighted by Crippen LogP contribution is 2.16. The molecule has 6 heteroatoms. The summed E-state index contributed by atoms with van der Waals surface area (Å²) in [7, 11) is 0. The van der Waals surface area contributed by atoms with Gasteiger partial charge in [-0.1, -0.05) is 37.3 Å². The molecule has 0 radical (unpaired) electrons. The van der Waals surface area contributed by atoms with Gasteiger partial charge in [-0.05, 0) is 48.5 Å². The zero-order valence-electron chi connectivity index (χ0n) is 13.3. The van der Waals surface area contributed by atoms with Crippen molar-refractivity contribution in [3.05, 3.63) is 64.9 Å². The van der Waals surface area contributed by atoms with Crippen LogP contribution in [0.15, 0.2) is 59.7 Å². The van der Waals surface area contributed by atoms with E-state index in [0.29, 0.717) is 10.6 Å². The van der Waals surface area contributed by atoms with Crippen molar-refractivity contribution < 1.29 is 4.74 Å². The summed E-state index contributed by atoms with van der Waals surface area (Å²) >= 11 is 5.27. The van der Waals surface area contributed by atoms with Gasteiger partial charge in [0.2, 0.25) is 4.77 Å². The van der Waals surface area contributed by atoms with Gasteiger partial charge in [-0.15, -0.1) is 0 Å². The Hall–Kier alpha value is -2.73. The van der Waals surface area contributed by atoms with Gasteiger partial charge in [-0.25, -0.2) is 5.10 Å². The summed E-state index contributed by atoms with van der Waals surface area (Å²) in [5.74, 6) is 1.54. The largest absolute Gasteiger partial charge is 0.494 e. The molecule has 0 saturated carbocycles. The minimum atomic E-state index is 0.452. The lowest BCUT2D eigenvalue weighted by atomic mass is 10.2. The van der Waals surface area contributed by atoms with E-state index in [1.165, 1.54) is 0 Å². The standard InChI is InChI=1S/C18H18N4OS/c1-2-12-23-16-10-8-14(9-11-16)13-19-22-17(20-21-18(22)24)15-6-4-3-5-7-15/h3-11,13H,2,12H2,1H3,(H,21,24)/b19-13-. The number of aromatic nitrogens is 3. The Labute approximate surface area is 145 Å². The summed E-state index contributed by atoms with van der Waals surface area (Å²) in [6.07, 6.45) is 2.74. The number of nitrogens with one attached hydrogen (secondary N) is 1. The van der Waals surface area contributed by atoms with Gasteiger partial charge < -0.3 is 4.74 Å². The number of H-pyrrole nitrogens is 1. The highest BCUT2D eigenvalue weighted by Gasteiger charge is 2.06. The van der Waals surface area contributed by atoms with Crippen LogP contribution in [0, 0.1) is 4.77 Å². The molecule has 0 fully saturated rings. The second kappa shape index (κ2) is 7.70. The van der Waals surface area contributed by atoms with E-state index in [0.717, 1.165) is 29.9 Å². The molecule has 0 saturated heterocycles. The topological polar surface area (TPSA) is 55.2 Å². The predicted molar refractivity (Wildman–Crippen MR) is 98.1 cm³/mol. The Balaban J connectivity index is 1.82. The molecule has 122 valence electrons. The molecule has 3 aromatic rings. The second-order valence-corrected chi connectivity index (χ2v) is 5.58. The quantitative estimate of drug-likeness (QED) is 0.539. The monoisotopic (exact) mass is 338 g/mol. The summed E-state index contributed by atoms with van der Waals surface area (Å²) in [6.45, 7) is 2.80. The molecule has 0 atom stereocenters. The first-order valence-corrected chi connectivity index (χ1v) is 8.19. The number of benzene rings is 2. The molecule has 0 spiro atoms. The van der Waals surface area contributed by atoms with Crippen LogP contribution in [0.3, 0.4) is 0 Å². The van der Waals surface area contributed by atoms with Crippen LogP contribution >= 0.6 is 12.2 Å². The fraction of sp³-hybridized carbons (Fsp3) is 0.167. The molecular formula is C18H18N4OS. The van der Waals surface area contributed by atoms with Gasteiger partial charge in [0.25, 0.3) is 0 Å². The first-order valence-electron chi connectivity index (χ1n) is 7.78. The molecule has 3 rings (SSSR count). The average molecular weight is 338 g/mol. The average Bonchev–Trinajstić information content (AvgIpc) is 3.00. The highest BCUT2D eigenvalue weighted by atomic mass is 32.1. The van der Waals surface area contributed by atoms with Gasteiger partial charge in [0.15, 0.2) is 5.82 Å². The fourth-order valence-electron chi connectivity index (χ4n) is 2.17. The van der Waals surface area contributed by atoms with Crippen LogP contribution < -0.4 is 4.74 Å². The van der Waals surface area contributed by atoms with Crippen molar-refractivity contribution in [1.82, 2.24) is 14.9 Å². The Kier molecular flexibility index (Phi) is 5.18. The Morgan fingerprint density at radius 3 is 2.62 bits per heavy atom. The molecule has 0 aliphatic carbocycles. The number of rotatable bonds is 6. The fourth-order valence-corrected chi connectivity index (χ4v) is 2.35. The van der Waals surface area contributed by atoms with Crippen molar-refractivity contribution in [3.63, 3.8) is 0 Å². The molecule has 0 aliphatic rings. The van der Waals surface area contributed by atoms with Gasteiger partial charge in [-0.3, -0.25) is 0 Å². The van der Waals surface area contributed by atoms with Crippen LogP contribution in [0.25, 0.3) is 11.4 Å². The molecular weight excluding hydrogens is 320 g/mol. The van der Waals surface area contributed by atoms with Crippen LogP contribution in [0.1, 0.15) is 18.9 Å². The van der Waals surface area contributed by atoms with Gasteiger partial charge in [-0.2, -0.15) is 14.9 Å². The summed E-state index contributed by atoms with van der Waals surface area (Å²) in [5, 5.41) is 11.5. The van der Waals surface area contributed by atoms with E-state index < -0.39 is 0 Å². The minimum absolute atomic E-state index is 0.452. The number of nitrogens with zero attached hydrogens (tertiary/aromatic N) is 3. The number of hydrogen-bond donors (Lipinski definition) is 1. The van der Waals surface area contributed by atoms with E-state index in [2.05, 4.69) is 22.2 Å². The maximum absolute atomic E-state index is 5.58. The molecule has 1 heterocycles.